The van der Waals surface area contributed by atoms with Crippen LogP contribution < -0.4 is 10.6 Å². The van der Waals surface area contributed by atoms with Crippen molar-refractivity contribution < 1.29 is 9.59 Å². The molecule has 2 N–H and O–H groups in total. The summed E-state index contributed by atoms with van der Waals surface area (Å²) in [4.78, 5) is 32.6. The van der Waals surface area contributed by atoms with Crippen molar-refractivity contribution in [1.82, 2.24) is 9.97 Å². The lowest BCUT2D eigenvalue weighted by Gasteiger charge is -2.06. The third kappa shape index (κ3) is 5.90. The van der Waals surface area contributed by atoms with Crippen LogP contribution in [0.15, 0.2) is 54.0 Å². The first kappa shape index (κ1) is 19.1. The molecule has 0 aliphatic rings. The minimum atomic E-state index is -0.190. The quantitative estimate of drug-likeness (QED) is 0.632. The molecule has 0 aliphatic heterocycles. The molecule has 3 aromatic rings. The minimum Gasteiger partial charge on any atom is -0.325 e. The van der Waals surface area contributed by atoms with Crippen LogP contribution in [0, 0.1) is 6.92 Å². The Morgan fingerprint density at radius 3 is 2.59 bits per heavy atom. The van der Waals surface area contributed by atoms with Gasteiger partial charge in [-0.2, -0.15) is 0 Å². The number of benzene rings is 1. The van der Waals surface area contributed by atoms with E-state index in [2.05, 4.69) is 20.6 Å². The highest BCUT2D eigenvalue weighted by molar-refractivity contribution is 8.00. The molecule has 3 rings (SSSR count). The van der Waals surface area contributed by atoms with Gasteiger partial charge in [0.2, 0.25) is 11.8 Å². The third-order valence-corrected chi connectivity index (χ3v) is 5.14. The molecule has 6 nitrogen and oxygen atoms in total. The van der Waals surface area contributed by atoms with Gasteiger partial charge in [-0.05, 0) is 36.8 Å². The van der Waals surface area contributed by atoms with Crippen LogP contribution >= 0.6 is 23.1 Å². The van der Waals surface area contributed by atoms with Crippen molar-refractivity contribution in [3.63, 3.8) is 0 Å². The molecule has 0 saturated carbocycles. The second-order valence-electron chi connectivity index (χ2n) is 5.71. The number of aromatic nitrogens is 2. The number of thioether (sulfide) groups is 1. The standard InChI is InChI=1S/C19H18N4O2S2/c1-13-5-4-6-14(9-13)21-17(24)11-26-12-18(25)23-19-22-16(10-27-19)15-7-2-3-8-20-15/h2-10H,11-12H2,1H3,(H,21,24)(H,22,23,25). The molecule has 8 heteroatoms. The molecule has 2 heterocycles. The molecule has 0 fully saturated rings. The highest BCUT2D eigenvalue weighted by Gasteiger charge is 2.10. The summed E-state index contributed by atoms with van der Waals surface area (Å²) in [6.07, 6.45) is 1.70. The molecule has 0 radical (unpaired) electrons. The lowest BCUT2D eigenvalue weighted by Crippen LogP contribution is -2.18. The average molecular weight is 399 g/mol. The van der Waals surface area contributed by atoms with Crippen LogP contribution in [0.2, 0.25) is 0 Å². The zero-order chi connectivity index (χ0) is 19.1. The predicted molar refractivity (Wildman–Crippen MR) is 111 cm³/mol. The fourth-order valence-corrected chi connectivity index (χ4v) is 3.61. The lowest BCUT2D eigenvalue weighted by atomic mass is 10.2. The van der Waals surface area contributed by atoms with Gasteiger partial charge in [-0.1, -0.05) is 18.2 Å². The Morgan fingerprint density at radius 1 is 1.04 bits per heavy atom. The van der Waals surface area contributed by atoms with Crippen LogP contribution in [-0.4, -0.2) is 33.3 Å². The summed E-state index contributed by atoms with van der Waals surface area (Å²) < 4.78 is 0. The smallest absolute Gasteiger partial charge is 0.236 e. The monoisotopic (exact) mass is 398 g/mol. The molecule has 138 valence electrons. The highest BCUT2D eigenvalue weighted by atomic mass is 32.2. The van der Waals surface area contributed by atoms with E-state index in [4.69, 9.17) is 0 Å². The fourth-order valence-electron chi connectivity index (χ4n) is 2.27. The van der Waals surface area contributed by atoms with Crippen LogP contribution in [0.3, 0.4) is 0 Å². The van der Waals surface area contributed by atoms with Crippen molar-refractivity contribution in [3.8, 4) is 11.4 Å². The number of nitrogens with one attached hydrogen (secondary N) is 2. The van der Waals surface area contributed by atoms with E-state index in [0.717, 1.165) is 22.6 Å². The number of pyridine rings is 1. The Kier molecular flexibility index (Phi) is 6.56. The minimum absolute atomic E-state index is 0.134. The van der Waals surface area contributed by atoms with E-state index in [1.54, 1.807) is 6.20 Å². The van der Waals surface area contributed by atoms with Crippen molar-refractivity contribution in [2.75, 3.05) is 22.1 Å². The summed E-state index contributed by atoms with van der Waals surface area (Å²) in [5.74, 6) is 0.0633. The van der Waals surface area contributed by atoms with Gasteiger partial charge in [-0.25, -0.2) is 4.98 Å². The van der Waals surface area contributed by atoms with Gasteiger partial charge in [0.05, 0.1) is 17.2 Å². The SMILES string of the molecule is Cc1cccc(NC(=O)CSCC(=O)Nc2nc(-c3ccccn3)cs2)c1. The summed E-state index contributed by atoms with van der Waals surface area (Å²) in [7, 11) is 0. The summed E-state index contributed by atoms with van der Waals surface area (Å²) in [6, 6.07) is 13.2. The van der Waals surface area contributed by atoms with Gasteiger partial charge in [0.15, 0.2) is 5.13 Å². The highest BCUT2D eigenvalue weighted by Crippen LogP contribution is 2.23. The second kappa shape index (κ2) is 9.29. The first-order valence-electron chi connectivity index (χ1n) is 8.21. The van der Waals surface area contributed by atoms with E-state index in [1.165, 1.54) is 23.1 Å². The van der Waals surface area contributed by atoms with Crippen LogP contribution in [0.1, 0.15) is 5.56 Å². The van der Waals surface area contributed by atoms with Crippen LogP contribution in [0.5, 0.6) is 0 Å². The Hall–Kier alpha value is -2.71. The first-order valence-corrected chi connectivity index (χ1v) is 10.2. The first-order chi connectivity index (χ1) is 13.1. The van der Waals surface area contributed by atoms with Gasteiger partial charge in [-0.3, -0.25) is 14.6 Å². The van der Waals surface area contributed by atoms with Gasteiger partial charge in [0.25, 0.3) is 0 Å². The van der Waals surface area contributed by atoms with E-state index in [1.807, 2.05) is 54.8 Å². The number of hydrogen-bond donors (Lipinski definition) is 2. The Bertz CT molecular complexity index is 928. The number of carbonyl (C=O) groups is 2. The number of nitrogens with zero attached hydrogens (tertiary/aromatic N) is 2. The van der Waals surface area contributed by atoms with Crippen molar-refractivity contribution in [3.05, 3.63) is 59.6 Å². The van der Waals surface area contributed by atoms with Crippen LogP contribution in [-0.2, 0) is 9.59 Å². The van der Waals surface area contributed by atoms with Crippen molar-refractivity contribution in [2.45, 2.75) is 6.92 Å². The number of thiazole rings is 1. The van der Waals surface area contributed by atoms with E-state index < -0.39 is 0 Å². The van der Waals surface area contributed by atoms with E-state index >= 15 is 0 Å². The van der Waals surface area contributed by atoms with Crippen molar-refractivity contribution in [2.24, 2.45) is 0 Å². The number of rotatable bonds is 7. The number of hydrogen-bond acceptors (Lipinski definition) is 6. The fraction of sp³-hybridized carbons (Fsp3) is 0.158. The molecular weight excluding hydrogens is 380 g/mol. The lowest BCUT2D eigenvalue weighted by molar-refractivity contribution is -0.114. The van der Waals surface area contributed by atoms with E-state index in [9.17, 15) is 9.59 Å². The zero-order valence-electron chi connectivity index (χ0n) is 14.6. The average Bonchev–Trinajstić information content (AvgIpc) is 3.11. The van der Waals surface area contributed by atoms with Crippen LogP contribution in [0.4, 0.5) is 10.8 Å². The van der Waals surface area contributed by atoms with E-state index in [-0.39, 0.29) is 23.3 Å². The molecule has 0 spiro atoms. The molecule has 0 atom stereocenters. The van der Waals surface area contributed by atoms with Gasteiger partial charge < -0.3 is 10.6 Å². The maximum Gasteiger partial charge on any atom is 0.236 e. The summed E-state index contributed by atoms with van der Waals surface area (Å²) >= 11 is 2.60. The van der Waals surface area contributed by atoms with E-state index in [0.29, 0.717) is 5.13 Å². The molecule has 27 heavy (non-hydrogen) atoms. The second-order valence-corrected chi connectivity index (χ2v) is 7.56. The number of amides is 2. The molecular formula is C19H18N4O2S2. The van der Waals surface area contributed by atoms with Crippen molar-refractivity contribution in [1.29, 1.82) is 0 Å². The Labute approximate surface area is 165 Å². The maximum atomic E-state index is 12.0. The molecule has 1 aromatic carbocycles. The van der Waals surface area contributed by atoms with Gasteiger partial charge in [0.1, 0.15) is 5.69 Å². The van der Waals surface area contributed by atoms with Gasteiger partial charge in [0, 0.05) is 17.3 Å². The normalized spacial score (nSPS) is 10.4. The van der Waals surface area contributed by atoms with Gasteiger partial charge >= 0.3 is 0 Å². The number of aryl methyl sites for hydroxylation is 1. The topological polar surface area (TPSA) is 84.0 Å². The molecule has 0 saturated heterocycles. The number of anilines is 2. The predicted octanol–water partition coefficient (Wildman–Crippen LogP) is 3.82. The summed E-state index contributed by atoms with van der Waals surface area (Å²) in [5, 5.41) is 7.94. The maximum absolute atomic E-state index is 12.0. The molecule has 2 amide bonds. The largest absolute Gasteiger partial charge is 0.325 e. The Morgan fingerprint density at radius 2 is 1.85 bits per heavy atom. The molecule has 0 aliphatic carbocycles. The van der Waals surface area contributed by atoms with Gasteiger partial charge in [-0.15, -0.1) is 23.1 Å². The van der Waals surface area contributed by atoms with Crippen LogP contribution in [0.25, 0.3) is 11.4 Å². The molecule has 2 aromatic heterocycles. The zero-order valence-corrected chi connectivity index (χ0v) is 16.3. The Balaban J connectivity index is 1.42. The summed E-state index contributed by atoms with van der Waals surface area (Å²) in [6.45, 7) is 1.96. The molecule has 0 bridgehead atoms. The summed E-state index contributed by atoms with van der Waals surface area (Å²) in [5.41, 5.74) is 3.32. The van der Waals surface area contributed by atoms with Crippen molar-refractivity contribution >= 4 is 45.7 Å². The third-order valence-electron chi connectivity index (χ3n) is 3.45. The molecule has 0 unspecified atom stereocenters. The number of carbonyl (C=O) groups excluding carboxylic acids is 2.